The Morgan fingerprint density at radius 1 is 1.14 bits per heavy atom. The number of likely N-dealkylation sites (tertiary alicyclic amines) is 1. The fourth-order valence-corrected chi connectivity index (χ4v) is 6.80. The molecule has 2 aromatic carbocycles. The molecule has 9 heteroatoms. The van der Waals surface area contributed by atoms with Crippen LogP contribution in [0.3, 0.4) is 0 Å². The van der Waals surface area contributed by atoms with Gasteiger partial charge in [-0.15, -0.1) is 0 Å². The highest BCUT2D eigenvalue weighted by atomic mass is 16.5. The van der Waals surface area contributed by atoms with Crippen molar-refractivity contribution < 1.29 is 9.53 Å². The van der Waals surface area contributed by atoms with E-state index in [2.05, 4.69) is 77.7 Å². The van der Waals surface area contributed by atoms with Gasteiger partial charge >= 0.3 is 6.01 Å². The van der Waals surface area contributed by atoms with Crippen LogP contribution in [0.4, 0.5) is 5.82 Å². The molecule has 0 bridgehead atoms. The van der Waals surface area contributed by atoms with Gasteiger partial charge in [-0.2, -0.15) is 15.2 Å². The molecule has 3 aliphatic rings. The molecule has 2 unspecified atom stereocenters. The SMILES string of the molecule is C=CC(=O)N1CCN(c2nc(OCC3CCCN3C)nc3c2CN(Cc2cccc4cccc(C)c24)C3)CC1CC#N. The third-order valence-electron chi connectivity index (χ3n) is 9.04. The molecule has 9 nitrogen and oxygen atoms in total. The number of piperazine rings is 1. The van der Waals surface area contributed by atoms with Gasteiger partial charge in [0.15, 0.2) is 0 Å². The molecule has 0 aliphatic carbocycles. The summed E-state index contributed by atoms with van der Waals surface area (Å²) in [5, 5.41) is 12.1. The van der Waals surface area contributed by atoms with Crippen LogP contribution >= 0.6 is 0 Å². The summed E-state index contributed by atoms with van der Waals surface area (Å²) in [6, 6.07) is 15.8. The number of ether oxygens (including phenoxy) is 1. The minimum atomic E-state index is -0.229. The van der Waals surface area contributed by atoms with Crippen molar-refractivity contribution >= 4 is 22.5 Å². The molecule has 3 aliphatic heterocycles. The summed E-state index contributed by atoms with van der Waals surface area (Å²) < 4.78 is 6.26. The summed E-state index contributed by atoms with van der Waals surface area (Å²) in [6.07, 6.45) is 3.88. The second kappa shape index (κ2) is 12.1. The number of amides is 1. The molecule has 0 radical (unpaired) electrons. The molecule has 1 aromatic heterocycles. The number of fused-ring (bicyclic) bond motifs is 2. The average molecular weight is 566 g/mol. The topological polar surface area (TPSA) is 88.8 Å². The van der Waals surface area contributed by atoms with E-state index in [9.17, 15) is 10.1 Å². The molecule has 2 fully saturated rings. The Kier molecular flexibility index (Phi) is 8.09. The van der Waals surface area contributed by atoms with Gasteiger partial charge in [0, 0.05) is 50.9 Å². The Labute approximate surface area is 248 Å². The molecule has 4 heterocycles. The van der Waals surface area contributed by atoms with Gasteiger partial charge < -0.3 is 19.4 Å². The predicted octanol–water partition coefficient (Wildman–Crippen LogP) is 4.04. The van der Waals surface area contributed by atoms with E-state index >= 15 is 0 Å². The molecule has 0 spiro atoms. The summed E-state index contributed by atoms with van der Waals surface area (Å²) in [5.41, 5.74) is 4.69. The van der Waals surface area contributed by atoms with Crippen LogP contribution in [0.25, 0.3) is 10.8 Å². The monoisotopic (exact) mass is 565 g/mol. The van der Waals surface area contributed by atoms with E-state index in [1.54, 1.807) is 4.90 Å². The number of rotatable bonds is 8. The van der Waals surface area contributed by atoms with Crippen molar-refractivity contribution in [1.82, 2.24) is 24.7 Å². The van der Waals surface area contributed by atoms with Crippen LogP contribution in [0.5, 0.6) is 6.01 Å². The quantitative estimate of drug-likeness (QED) is 0.378. The van der Waals surface area contributed by atoms with E-state index in [1.807, 2.05) is 0 Å². The van der Waals surface area contributed by atoms with E-state index in [1.165, 1.54) is 34.4 Å². The van der Waals surface area contributed by atoms with Gasteiger partial charge in [-0.05, 0) is 61.3 Å². The third kappa shape index (κ3) is 5.57. The van der Waals surface area contributed by atoms with Crippen molar-refractivity contribution in [2.45, 2.75) is 57.9 Å². The summed E-state index contributed by atoms with van der Waals surface area (Å²) in [6.45, 7) is 11.4. The Morgan fingerprint density at radius 2 is 1.98 bits per heavy atom. The fraction of sp³-hybridized carbons (Fsp3) is 0.455. The van der Waals surface area contributed by atoms with Gasteiger partial charge in [-0.3, -0.25) is 9.69 Å². The van der Waals surface area contributed by atoms with Crippen molar-refractivity contribution in [2.75, 3.05) is 44.7 Å². The van der Waals surface area contributed by atoms with E-state index in [4.69, 9.17) is 14.7 Å². The first kappa shape index (κ1) is 28.1. The van der Waals surface area contributed by atoms with Crippen molar-refractivity contribution in [1.29, 1.82) is 5.26 Å². The zero-order valence-corrected chi connectivity index (χ0v) is 24.6. The summed E-state index contributed by atoms with van der Waals surface area (Å²) in [4.78, 5) is 31.2. The number of aryl methyl sites for hydroxylation is 1. The van der Waals surface area contributed by atoms with Crippen LogP contribution < -0.4 is 9.64 Å². The van der Waals surface area contributed by atoms with Gasteiger partial charge in [0.1, 0.15) is 12.4 Å². The first-order chi connectivity index (χ1) is 20.4. The maximum atomic E-state index is 12.5. The maximum absolute atomic E-state index is 12.5. The normalized spacial score (nSPS) is 21.0. The van der Waals surface area contributed by atoms with Crippen LogP contribution in [-0.2, 0) is 24.4 Å². The van der Waals surface area contributed by atoms with Gasteiger partial charge in [-0.1, -0.05) is 43.0 Å². The minimum absolute atomic E-state index is 0.135. The average Bonchev–Trinajstić information content (AvgIpc) is 3.60. The Balaban J connectivity index is 1.29. The van der Waals surface area contributed by atoms with Crippen LogP contribution in [-0.4, -0.2) is 82.5 Å². The number of carbonyl (C=O) groups is 1. The number of hydrogen-bond acceptors (Lipinski definition) is 8. The number of nitrogens with zero attached hydrogens (tertiary/aromatic N) is 7. The van der Waals surface area contributed by atoms with Crippen molar-refractivity contribution in [2.24, 2.45) is 0 Å². The first-order valence-electron chi connectivity index (χ1n) is 14.9. The number of likely N-dealkylation sites (N-methyl/N-ethyl adjacent to an activating group) is 1. The van der Waals surface area contributed by atoms with E-state index in [-0.39, 0.29) is 18.4 Å². The molecule has 2 atom stereocenters. The van der Waals surface area contributed by atoms with Gasteiger partial charge in [0.05, 0.1) is 24.2 Å². The Bertz CT molecular complexity index is 1530. The number of anilines is 1. The first-order valence-corrected chi connectivity index (χ1v) is 14.9. The highest BCUT2D eigenvalue weighted by Crippen LogP contribution is 2.34. The molecular weight excluding hydrogens is 526 g/mol. The lowest BCUT2D eigenvalue weighted by Crippen LogP contribution is -2.55. The summed E-state index contributed by atoms with van der Waals surface area (Å²) in [5.74, 6) is 0.726. The lowest BCUT2D eigenvalue weighted by Gasteiger charge is -2.41. The highest BCUT2D eigenvalue weighted by molar-refractivity contribution is 5.89. The Hall–Kier alpha value is -4.00. The maximum Gasteiger partial charge on any atom is 0.318 e. The number of aromatic nitrogens is 2. The molecule has 0 N–H and O–H groups in total. The number of benzene rings is 2. The minimum Gasteiger partial charge on any atom is -0.462 e. The third-order valence-corrected chi connectivity index (χ3v) is 9.04. The predicted molar refractivity (Wildman–Crippen MR) is 163 cm³/mol. The highest BCUT2D eigenvalue weighted by Gasteiger charge is 2.34. The zero-order chi connectivity index (χ0) is 29.2. The second-order valence-electron chi connectivity index (χ2n) is 11.8. The van der Waals surface area contributed by atoms with Crippen LogP contribution in [0.15, 0.2) is 49.1 Å². The second-order valence-corrected chi connectivity index (χ2v) is 11.8. The van der Waals surface area contributed by atoms with Crippen LogP contribution in [0, 0.1) is 18.3 Å². The van der Waals surface area contributed by atoms with E-state index in [0.29, 0.717) is 44.8 Å². The van der Waals surface area contributed by atoms with Gasteiger partial charge in [0.25, 0.3) is 0 Å². The zero-order valence-electron chi connectivity index (χ0n) is 24.6. The smallest absolute Gasteiger partial charge is 0.318 e. The largest absolute Gasteiger partial charge is 0.462 e. The molecule has 6 rings (SSSR count). The molecule has 3 aromatic rings. The number of nitriles is 1. The van der Waals surface area contributed by atoms with Crippen molar-refractivity contribution in [3.8, 4) is 12.1 Å². The van der Waals surface area contributed by atoms with Crippen LogP contribution in [0.2, 0.25) is 0 Å². The molecular formula is C33H39N7O2. The van der Waals surface area contributed by atoms with Gasteiger partial charge in [-0.25, -0.2) is 0 Å². The summed E-state index contributed by atoms with van der Waals surface area (Å²) >= 11 is 0. The molecule has 42 heavy (non-hydrogen) atoms. The number of carbonyl (C=O) groups excluding carboxylic acids is 1. The number of hydrogen-bond donors (Lipinski definition) is 0. The molecule has 218 valence electrons. The molecule has 1 amide bonds. The van der Waals surface area contributed by atoms with E-state index in [0.717, 1.165) is 43.1 Å². The molecule has 2 saturated heterocycles. The van der Waals surface area contributed by atoms with Crippen molar-refractivity contribution in [3.05, 3.63) is 71.4 Å². The standard InChI is InChI=1S/C33H39N7O2/c1-4-30(41)40-17-16-39(19-26(40)13-14-34)32-28-20-38(18-25-11-6-10-24-9-5-8-23(2)31(24)25)21-29(28)35-33(36-32)42-22-27-12-7-15-37(27)3/h4-6,8-11,26-27H,1,7,12-13,15-22H2,2-3H3. The Morgan fingerprint density at radius 3 is 2.74 bits per heavy atom. The summed E-state index contributed by atoms with van der Waals surface area (Å²) in [7, 11) is 2.14. The van der Waals surface area contributed by atoms with Crippen LogP contribution in [0.1, 0.15) is 41.6 Å². The van der Waals surface area contributed by atoms with Crippen molar-refractivity contribution in [3.63, 3.8) is 0 Å². The lowest BCUT2D eigenvalue weighted by molar-refractivity contribution is -0.128. The fourth-order valence-electron chi connectivity index (χ4n) is 6.80. The van der Waals surface area contributed by atoms with Gasteiger partial charge in [0.2, 0.25) is 5.91 Å². The molecule has 0 saturated carbocycles. The lowest BCUT2D eigenvalue weighted by atomic mass is 10.00. The van der Waals surface area contributed by atoms with E-state index < -0.39 is 0 Å².